The van der Waals surface area contributed by atoms with Crippen LogP contribution < -0.4 is 5.90 Å². The molecule has 0 fully saturated rings. The van der Waals surface area contributed by atoms with Gasteiger partial charge in [0.15, 0.2) is 0 Å². The summed E-state index contributed by atoms with van der Waals surface area (Å²) < 4.78 is 2.01. The lowest BCUT2D eigenvalue weighted by atomic mass is 10.3. The molecule has 12 heavy (non-hydrogen) atoms. The molecule has 0 aliphatic rings. The third-order valence-electron chi connectivity index (χ3n) is 1.57. The molecule has 0 bridgehead atoms. The average Bonchev–Trinajstić information content (AvgIpc) is 2.45. The van der Waals surface area contributed by atoms with Gasteiger partial charge in [-0.05, 0) is 18.1 Å². The molecular weight excluding hydrogens is 152 g/mol. The molecule has 0 radical (unpaired) electrons. The topological polar surface area (TPSA) is 40.2 Å². The van der Waals surface area contributed by atoms with Crippen LogP contribution in [0.3, 0.4) is 0 Å². The summed E-state index contributed by atoms with van der Waals surface area (Å²) in [5.74, 6) is 4.87. The Hall–Kier alpha value is -1.06. The van der Waals surface area contributed by atoms with Crippen molar-refractivity contribution in [2.75, 3.05) is 6.61 Å². The van der Waals surface area contributed by atoms with Crippen LogP contribution in [-0.4, -0.2) is 11.2 Å². The molecule has 0 aliphatic carbocycles. The minimum atomic E-state index is 0.573. The maximum absolute atomic E-state index is 4.87. The lowest BCUT2D eigenvalue weighted by Crippen LogP contribution is -1.98. The van der Waals surface area contributed by atoms with Gasteiger partial charge in [-0.1, -0.05) is 12.2 Å². The zero-order valence-corrected chi connectivity index (χ0v) is 7.23. The maximum Gasteiger partial charge on any atom is 0.0713 e. The fourth-order valence-corrected chi connectivity index (χ4v) is 0.979. The Morgan fingerprint density at radius 2 is 2.50 bits per heavy atom. The molecule has 0 aromatic carbocycles. The van der Waals surface area contributed by atoms with E-state index in [1.165, 1.54) is 5.56 Å². The van der Waals surface area contributed by atoms with E-state index < -0.39 is 0 Å². The van der Waals surface area contributed by atoms with Gasteiger partial charge < -0.3 is 9.40 Å². The van der Waals surface area contributed by atoms with E-state index in [0.717, 1.165) is 6.42 Å². The van der Waals surface area contributed by atoms with Crippen LogP contribution in [-0.2, 0) is 11.9 Å². The SMILES string of the molecule is Cn1ccc(/C=C/CCON)c1. The van der Waals surface area contributed by atoms with E-state index in [-0.39, 0.29) is 0 Å². The average molecular weight is 166 g/mol. The fourth-order valence-electron chi connectivity index (χ4n) is 0.979. The van der Waals surface area contributed by atoms with Crippen LogP contribution in [0.15, 0.2) is 24.5 Å². The lowest BCUT2D eigenvalue weighted by Gasteiger charge is -1.89. The van der Waals surface area contributed by atoms with Crippen molar-refractivity contribution in [1.29, 1.82) is 0 Å². The normalized spacial score (nSPS) is 11.2. The van der Waals surface area contributed by atoms with Gasteiger partial charge in [0.1, 0.15) is 0 Å². The van der Waals surface area contributed by atoms with Crippen molar-refractivity contribution in [3.63, 3.8) is 0 Å². The third kappa shape index (κ3) is 2.90. The number of hydrogen-bond donors (Lipinski definition) is 1. The van der Waals surface area contributed by atoms with E-state index in [9.17, 15) is 0 Å². The predicted molar refractivity (Wildman–Crippen MR) is 49.2 cm³/mol. The summed E-state index contributed by atoms with van der Waals surface area (Å²) in [5, 5.41) is 0. The Kier molecular flexibility index (Phi) is 3.57. The molecule has 0 unspecified atom stereocenters. The summed E-state index contributed by atoms with van der Waals surface area (Å²) in [5.41, 5.74) is 1.20. The molecule has 3 nitrogen and oxygen atoms in total. The molecule has 0 atom stereocenters. The van der Waals surface area contributed by atoms with E-state index in [1.54, 1.807) is 0 Å². The number of aromatic nitrogens is 1. The Balaban J connectivity index is 2.36. The zero-order chi connectivity index (χ0) is 8.81. The first-order chi connectivity index (χ1) is 5.83. The maximum atomic E-state index is 4.87. The van der Waals surface area contributed by atoms with Gasteiger partial charge in [0.25, 0.3) is 0 Å². The van der Waals surface area contributed by atoms with Crippen molar-refractivity contribution in [2.24, 2.45) is 12.9 Å². The van der Waals surface area contributed by atoms with E-state index >= 15 is 0 Å². The first kappa shape index (κ1) is 9.03. The number of nitrogens with two attached hydrogens (primary N) is 1. The molecule has 0 amide bonds. The number of nitrogens with zero attached hydrogens (tertiary/aromatic N) is 1. The Bertz CT molecular complexity index is 253. The second-order valence-electron chi connectivity index (χ2n) is 2.67. The second kappa shape index (κ2) is 4.74. The first-order valence-corrected chi connectivity index (χ1v) is 3.93. The number of hydrogen-bond acceptors (Lipinski definition) is 2. The molecule has 0 saturated heterocycles. The highest BCUT2D eigenvalue weighted by molar-refractivity contribution is 5.47. The Morgan fingerprint density at radius 3 is 3.08 bits per heavy atom. The first-order valence-electron chi connectivity index (χ1n) is 3.93. The second-order valence-corrected chi connectivity index (χ2v) is 2.67. The molecule has 0 saturated carbocycles. The molecule has 1 rings (SSSR count). The van der Waals surface area contributed by atoms with Gasteiger partial charge in [0, 0.05) is 19.4 Å². The van der Waals surface area contributed by atoms with Gasteiger partial charge in [0.05, 0.1) is 6.61 Å². The quantitative estimate of drug-likeness (QED) is 0.541. The number of rotatable bonds is 4. The van der Waals surface area contributed by atoms with Crippen molar-refractivity contribution < 1.29 is 4.84 Å². The van der Waals surface area contributed by atoms with Crippen LogP contribution in [0, 0.1) is 0 Å². The van der Waals surface area contributed by atoms with Crippen LogP contribution in [0.2, 0.25) is 0 Å². The summed E-state index contributed by atoms with van der Waals surface area (Å²) in [4.78, 5) is 4.43. The molecule has 2 N–H and O–H groups in total. The summed E-state index contributed by atoms with van der Waals surface area (Å²) in [6, 6.07) is 2.06. The van der Waals surface area contributed by atoms with Crippen LogP contribution in [0.1, 0.15) is 12.0 Å². The van der Waals surface area contributed by atoms with Crippen molar-refractivity contribution >= 4 is 6.08 Å². The van der Waals surface area contributed by atoms with Gasteiger partial charge in [-0.15, -0.1) is 0 Å². The smallest absolute Gasteiger partial charge is 0.0713 e. The van der Waals surface area contributed by atoms with E-state index in [0.29, 0.717) is 6.61 Å². The molecule has 1 aromatic rings. The molecule has 3 heteroatoms. The highest BCUT2D eigenvalue weighted by atomic mass is 16.6. The van der Waals surface area contributed by atoms with E-state index in [2.05, 4.69) is 23.2 Å². The van der Waals surface area contributed by atoms with Crippen LogP contribution in [0.5, 0.6) is 0 Å². The van der Waals surface area contributed by atoms with Gasteiger partial charge in [-0.3, -0.25) is 0 Å². The number of aryl methyl sites for hydroxylation is 1. The van der Waals surface area contributed by atoms with E-state index in [1.807, 2.05) is 23.9 Å². The molecule has 1 aromatic heterocycles. The fraction of sp³-hybridized carbons (Fsp3) is 0.333. The van der Waals surface area contributed by atoms with Crippen LogP contribution in [0.4, 0.5) is 0 Å². The van der Waals surface area contributed by atoms with Gasteiger partial charge in [-0.2, -0.15) is 0 Å². The Labute approximate surface area is 72.4 Å². The van der Waals surface area contributed by atoms with Crippen molar-refractivity contribution in [3.8, 4) is 0 Å². The van der Waals surface area contributed by atoms with Gasteiger partial charge in [0.2, 0.25) is 0 Å². The summed E-state index contributed by atoms with van der Waals surface area (Å²) >= 11 is 0. The molecule has 0 aliphatic heterocycles. The zero-order valence-electron chi connectivity index (χ0n) is 7.23. The summed E-state index contributed by atoms with van der Waals surface area (Å²) in [6.45, 7) is 0.573. The van der Waals surface area contributed by atoms with E-state index in [4.69, 9.17) is 5.90 Å². The standard InChI is InChI=1S/C9H14N2O/c1-11-6-5-9(8-11)4-2-3-7-12-10/h2,4-6,8H,3,7,10H2,1H3/b4-2+. The van der Waals surface area contributed by atoms with Crippen LogP contribution in [0.25, 0.3) is 6.08 Å². The summed E-state index contributed by atoms with van der Waals surface area (Å²) in [7, 11) is 2.00. The largest absolute Gasteiger partial charge is 0.357 e. The van der Waals surface area contributed by atoms with Gasteiger partial charge >= 0.3 is 0 Å². The highest BCUT2D eigenvalue weighted by Crippen LogP contribution is 2.02. The molecule has 0 spiro atoms. The predicted octanol–water partition coefficient (Wildman–Crippen LogP) is 1.32. The minimum Gasteiger partial charge on any atom is -0.357 e. The summed E-state index contributed by atoms with van der Waals surface area (Å²) in [6.07, 6.45) is 9.02. The monoisotopic (exact) mass is 166 g/mol. The van der Waals surface area contributed by atoms with Crippen molar-refractivity contribution in [1.82, 2.24) is 4.57 Å². The molecule has 1 heterocycles. The van der Waals surface area contributed by atoms with Gasteiger partial charge in [-0.25, -0.2) is 5.90 Å². The lowest BCUT2D eigenvalue weighted by molar-refractivity contribution is 0.143. The van der Waals surface area contributed by atoms with Crippen LogP contribution >= 0.6 is 0 Å². The van der Waals surface area contributed by atoms with Crippen molar-refractivity contribution in [3.05, 3.63) is 30.1 Å². The Morgan fingerprint density at radius 1 is 1.67 bits per heavy atom. The highest BCUT2D eigenvalue weighted by Gasteiger charge is 1.86. The third-order valence-corrected chi connectivity index (χ3v) is 1.57. The molecule has 66 valence electrons. The molecular formula is C9H14N2O. The van der Waals surface area contributed by atoms with Crippen molar-refractivity contribution in [2.45, 2.75) is 6.42 Å². The minimum absolute atomic E-state index is 0.573.